The van der Waals surface area contributed by atoms with Crippen molar-refractivity contribution in [2.45, 2.75) is 6.92 Å². The van der Waals surface area contributed by atoms with E-state index in [0.717, 1.165) is 4.68 Å². The van der Waals surface area contributed by atoms with E-state index in [4.69, 9.17) is 5.73 Å². The van der Waals surface area contributed by atoms with Crippen LogP contribution in [-0.4, -0.2) is 25.8 Å². The number of nitrogens with two attached hydrogens (primary N) is 1. The lowest BCUT2D eigenvalue weighted by molar-refractivity contribution is 0.248. The molecule has 3 rings (SSSR count). The van der Waals surface area contributed by atoms with Gasteiger partial charge in [-0.2, -0.15) is 9.78 Å². The van der Waals surface area contributed by atoms with Crippen LogP contribution in [0.15, 0.2) is 24.4 Å². The average Bonchev–Trinajstić information content (AvgIpc) is 2.95. The van der Waals surface area contributed by atoms with Gasteiger partial charge in [0.25, 0.3) is 0 Å². The second-order valence-corrected chi connectivity index (χ2v) is 4.19. The van der Waals surface area contributed by atoms with E-state index in [0.29, 0.717) is 28.1 Å². The highest BCUT2D eigenvalue weighted by atomic mass is 19.1. The quantitative estimate of drug-likeness (QED) is 0.698. The zero-order chi connectivity index (χ0) is 13.6. The van der Waals surface area contributed by atoms with E-state index >= 15 is 0 Å². The van der Waals surface area contributed by atoms with Gasteiger partial charge in [-0.1, -0.05) is 0 Å². The molecule has 0 radical (unpaired) electrons. The van der Waals surface area contributed by atoms with Crippen LogP contribution in [0.4, 0.5) is 9.18 Å². The van der Waals surface area contributed by atoms with Crippen molar-refractivity contribution in [3.05, 3.63) is 35.8 Å². The van der Waals surface area contributed by atoms with Crippen molar-refractivity contribution in [2.75, 3.05) is 0 Å². The highest BCUT2D eigenvalue weighted by Crippen LogP contribution is 2.21. The standard InChI is InChI=1S/C12H10FN5O/c1-6-4-9-10(5-7(6)13)16-11(15-9)8-2-3-18(17-8)12(14)19/h2-5H,1H3,(H2,14,19)(H,15,16). The molecule has 0 unspecified atom stereocenters. The summed E-state index contributed by atoms with van der Waals surface area (Å²) in [5.74, 6) is 0.146. The van der Waals surface area contributed by atoms with Crippen LogP contribution in [0, 0.1) is 12.7 Å². The van der Waals surface area contributed by atoms with Crippen LogP contribution in [0.1, 0.15) is 5.56 Å². The lowest BCUT2D eigenvalue weighted by Gasteiger charge is -1.93. The van der Waals surface area contributed by atoms with Gasteiger partial charge < -0.3 is 10.7 Å². The fraction of sp³-hybridized carbons (Fsp3) is 0.0833. The van der Waals surface area contributed by atoms with Crippen LogP contribution < -0.4 is 5.73 Å². The number of hydrogen-bond donors (Lipinski definition) is 2. The topological polar surface area (TPSA) is 89.6 Å². The second-order valence-electron chi connectivity index (χ2n) is 4.19. The van der Waals surface area contributed by atoms with Gasteiger partial charge in [-0.25, -0.2) is 14.2 Å². The summed E-state index contributed by atoms with van der Waals surface area (Å²) in [5, 5.41) is 3.97. The molecule has 0 fully saturated rings. The molecule has 0 saturated heterocycles. The van der Waals surface area contributed by atoms with Gasteiger partial charge in [-0.15, -0.1) is 0 Å². The molecule has 2 heterocycles. The molecule has 0 aliphatic carbocycles. The Morgan fingerprint density at radius 3 is 2.95 bits per heavy atom. The number of rotatable bonds is 1. The van der Waals surface area contributed by atoms with E-state index in [1.165, 1.54) is 12.3 Å². The van der Waals surface area contributed by atoms with Crippen LogP contribution in [0.5, 0.6) is 0 Å². The second kappa shape index (κ2) is 3.91. The Labute approximate surface area is 107 Å². The summed E-state index contributed by atoms with van der Waals surface area (Å²) in [6.45, 7) is 1.68. The molecule has 3 aromatic rings. The maximum atomic E-state index is 13.4. The normalized spacial score (nSPS) is 11.1. The molecule has 6 nitrogen and oxygen atoms in total. The number of aryl methyl sites for hydroxylation is 1. The number of nitrogens with zero attached hydrogens (tertiary/aromatic N) is 3. The first-order valence-electron chi connectivity index (χ1n) is 5.56. The predicted molar refractivity (Wildman–Crippen MR) is 67.0 cm³/mol. The molecule has 7 heteroatoms. The monoisotopic (exact) mass is 259 g/mol. The predicted octanol–water partition coefficient (Wildman–Crippen LogP) is 1.80. The van der Waals surface area contributed by atoms with Gasteiger partial charge in [-0.3, -0.25) is 0 Å². The van der Waals surface area contributed by atoms with Gasteiger partial charge in [-0.05, 0) is 24.6 Å². The Kier molecular flexibility index (Phi) is 2.34. The summed E-state index contributed by atoms with van der Waals surface area (Å²) >= 11 is 0. The molecule has 3 N–H and O–H groups in total. The van der Waals surface area contributed by atoms with Crippen molar-refractivity contribution in [1.82, 2.24) is 19.7 Å². The lowest BCUT2D eigenvalue weighted by atomic mass is 10.2. The largest absolute Gasteiger partial charge is 0.350 e. The number of primary amides is 1. The molecule has 0 aliphatic rings. The summed E-state index contributed by atoms with van der Waals surface area (Å²) in [4.78, 5) is 18.2. The van der Waals surface area contributed by atoms with E-state index in [1.807, 2.05) is 0 Å². The number of aromatic amines is 1. The number of fused-ring (bicyclic) bond motifs is 1. The van der Waals surface area contributed by atoms with Crippen LogP contribution in [0.2, 0.25) is 0 Å². The Morgan fingerprint density at radius 2 is 2.26 bits per heavy atom. The summed E-state index contributed by atoms with van der Waals surface area (Å²) < 4.78 is 14.4. The Bertz CT molecular complexity index is 750. The Morgan fingerprint density at radius 1 is 1.47 bits per heavy atom. The molecule has 1 aromatic carbocycles. The highest BCUT2D eigenvalue weighted by Gasteiger charge is 2.11. The first-order valence-corrected chi connectivity index (χ1v) is 5.56. The molecule has 2 aromatic heterocycles. The summed E-state index contributed by atoms with van der Waals surface area (Å²) in [6.07, 6.45) is 1.44. The van der Waals surface area contributed by atoms with Crippen molar-refractivity contribution in [2.24, 2.45) is 5.73 Å². The highest BCUT2D eigenvalue weighted by molar-refractivity contribution is 5.80. The number of amides is 1. The van der Waals surface area contributed by atoms with E-state index in [1.54, 1.807) is 19.1 Å². The van der Waals surface area contributed by atoms with Crippen molar-refractivity contribution in [3.8, 4) is 11.5 Å². The first-order chi connectivity index (χ1) is 9.04. The smallest absolute Gasteiger partial charge is 0.339 e. The van der Waals surface area contributed by atoms with Gasteiger partial charge in [0.1, 0.15) is 11.5 Å². The molecular formula is C12H10FN5O. The summed E-state index contributed by atoms with van der Waals surface area (Å²) in [7, 11) is 0. The molecule has 0 saturated carbocycles. The minimum atomic E-state index is -0.677. The van der Waals surface area contributed by atoms with Crippen LogP contribution in [-0.2, 0) is 0 Å². The molecule has 1 amide bonds. The maximum Gasteiger partial charge on any atom is 0.339 e. The van der Waals surface area contributed by atoms with Crippen molar-refractivity contribution in [1.29, 1.82) is 0 Å². The summed E-state index contributed by atoms with van der Waals surface area (Å²) in [5.41, 5.74) is 7.32. The number of imidazole rings is 1. The van der Waals surface area contributed by atoms with E-state index in [2.05, 4.69) is 15.1 Å². The Hall–Kier alpha value is -2.70. The van der Waals surface area contributed by atoms with E-state index < -0.39 is 6.03 Å². The first kappa shape index (κ1) is 11.4. The SMILES string of the molecule is Cc1cc2[nH]c(-c3ccn(C(N)=O)n3)nc2cc1F. The van der Waals surface area contributed by atoms with Crippen LogP contribution in [0.25, 0.3) is 22.6 Å². The molecule has 0 spiro atoms. The third-order valence-electron chi connectivity index (χ3n) is 2.82. The van der Waals surface area contributed by atoms with Crippen LogP contribution in [0.3, 0.4) is 0 Å². The molecule has 0 atom stereocenters. The zero-order valence-corrected chi connectivity index (χ0v) is 10.0. The van der Waals surface area contributed by atoms with E-state index in [-0.39, 0.29) is 5.82 Å². The maximum absolute atomic E-state index is 13.4. The number of halogens is 1. The minimum absolute atomic E-state index is 0.312. The molecule has 96 valence electrons. The average molecular weight is 259 g/mol. The summed E-state index contributed by atoms with van der Waals surface area (Å²) in [6, 6.07) is 3.96. The van der Waals surface area contributed by atoms with Gasteiger partial charge in [0, 0.05) is 12.3 Å². The lowest BCUT2D eigenvalue weighted by Crippen LogP contribution is -2.19. The van der Waals surface area contributed by atoms with Crippen LogP contribution >= 0.6 is 0 Å². The third-order valence-corrected chi connectivity index (χ3v) is 2.82. The van der Waals surface area contributed by atoms with Crippen molar-refractivity contribution < 1.29 is 9.18 Å². The van der Waals surface area contributed by atoms with Gasteiger partial charge in [0.05, 0.1) is 11.0 Å². The number of H-pyrrole nitrogens is 1. The Balaban J connectivity index is 2.12. The molecule has 0 aliphatic heterocycles. The number of benzene rings is 1. The number of hydrogen-bond acceptors (Lipinski definition) is 3. The zero-order valence-electron chi connectivity index (χ0n) is 10.0. The van der Waals surface area contributed by atoms with Gasteiger partial charge in [0.2, 0.25) is 0 Å². The molecule has 19 heavy (non-hydrogen) atoms. The van der Waals surface area contributed by atoms with Crippen molar-refractivity contribution in [3.63, 3.8) is 0 Å². The number of carbonyl (C=O) groups excluding carboxylic acids is 1. The fourth-order valence-electron chi connectivity index (χ4n) is 1.83. The number of nitrogens with one attached hydrogen (secondary N) is 1. The molecular weight excluding hydrogens is 249 g/mol. The van der Waals surface area contributed by atoms with Gasteiger partial charge >= 0.3 is 6.03 Å². The molecule has 0 bridgehead atoms. The fourth-order valence-corrected chi connectivity index (χ4v) is 1.83. The number of aromatic nitrogens is 4. The van der Waals surface area contributed by atoms with Crippen molar-refractivity contribution >= 4 is 17.1 Å². The van der Waals surface area contributed by atoms with Gasteiger partial charge in [0.15, 0.2) is 5.82 Å². The third kappa shape index (κ3) is 1.85. The van der Waals surface area contributed by atoms with E-state index in [9.17, 15) is 9.18 Å². The minimum Gasteiger partial charge on any atom is -0.350 e. The number of carbonyl (C=O) groups is 1.